The molecule has 1 amide bonds. The van der Waals surface area contributed by atoms with Crippen LogP contribution in [-0.2, 0) is 0 Å². The van der Waals surface area contributed by atoms with Crippen molar-refractivity contribution in [2.75, 3.05) is 12.4 Å². The van der Waals surface area contributed by atoms with Crippen LogP contribution in [0.3, 0.4) is 0 Å². The summed E-state index contributed by atoms with van der Waals surface area (Å²) in [6.07, 6.45) is 0. The van der Waals surface area contributed by atoms with E-state index < -0.39 is 0 Å². The number of fused-ring (bicyclic) bond motifs is 1. The maximum Gasteiger partial charge on any atom is 0.262 e. The highest BCUT2D eigenvalue weighted by Crippen LogP contribution is 2.33. The zero-order valence-electron chi connectivity index (χ0n) is 18.8. The molecule has 0 unspecified atom stereocenters. The van der Waals surface area contributed by atoms with Crippen molar-refractivity contribution >= 4 is 50.4 Å². The zero-order chi connectivity index (χ0) is 23.7. The lowest BCUT2D eigenvalue weighted by molar-refractivity contribution is 0.102. The lowest BCUT2D eigenvalue weighted by Gasteiger charge is -2.06. The van der Waals surface area contributed by atoms with Crippen LogP contribution in [-0.4, -0.2) is 18.0 Å². The van der Waals surface area contributed by atoms with Gasteiger partial charge in [0.15, 0.2) is 5.13 Å². The van der Waals surface area contributed by atoms with Gasteiger partial charge >= 0.3 is 0 Å². The SMILES string of the molecule is COc1ccc2oc(=Nc3ccc(C)cc3)c(C(=O)Nc3nc(-c4cccs4)c(C)s3)cc2c1. The number of hydrogen-bond donors (Lipinski definition) is 1. The number of nitrogens with one attached hydrogen (secondary N) is 1. The molecule has 0 radical (unpaired) electrons. The Morgan fingerprint density at radius 3 is 2.65 bits per heavy atom. The van der Waals surface area contributed by atoms with Gasteiger partial charge in [-0.2, -0.15) is 0 Å². The van der Waals surface area contributed by atoms with Gasteiger partial charge in [-0.05, 0) is 61.7 Å². The average Bonchev–Trinajstić information content (AvgIpc) is 3.49. The summed E-state index contributed by atoms with van der Waals surface area (Å²) in [5, 5.41) is 6.21. The number of nitrogens with zero attached hydrogens (tertiary/aromatic N) is 2. The van der Waals surface area contributed by atoms with Crippen molar-refractivity contribution in [1.82, 2.24) is 4.98 Å². The maximum absolute atomic E-state index is 13.4. The molecule has 0 aliphatic rings. The molecular weight excluding hydrogens is 466 g/mol. The van der Waals surface area contributed by atoms with E-state index in [4.69, 9.17) is 9.15 Å². The summed E-state index contributed by atoms with van der Waals surface area (Å²) in [6, 6.07) is 18.9. The van der Waals surface area contributed by atoms with Gasteiger partial charge in [0.25, 0.3) is 5.91 Å². The smallest absolute Gasteiger partial charge is 0.262 e. The first-order chi connectivity index (χ1) is 16.5. The highest BCUT2D eigenvalue weighted by atomic mass is 32.1. The molecule has 0 saturated heterocycles. The standard InChI is InChI=1S/C26H21N3O3S2/c1-15-6-8-18(9-7-15)27-25-20(14-17-13-19(31-3)10-11-21(17)32-25)24(30)29-26-28-23(16(2)34-26)22-5-4-12-33-22/h4-14H,1-3H3,(H,28,29,30). The van der Waals surface area contributed by atoms with E-state index in [0.29, 0.717) is 27.7 Å². The van der Waals surface area contributed by atoms with Crippen molar-refractivity contribution in [2.45, 2.75) is 13.8 Å². The molecule has 0 saturated carbocycles. The van der Waals surface area contributed by atoms with Crippen LogP contribution < -0.4 is 15.6 Å². The number of benzene rings is 2. The van der Waals surface area contributed by atoms with Gasteiger partial charge in [-0.25, -0.2) is 9.98 Å². The summed E-state index contributed by atoms with van der Waals surface area (Å²) in [5.74, 6) is 0.333. The van der Waals surface area contributed by atoms with Crippen molar-refractivity contribution in [3.63, 3.8) is 0 Å². The highest BCUT2D eigenvalue weighted by molar-refractivity contribution is 7.17. The molecule has 1 N–H and O–H groups in total. The molecule has 0 aliphatic heterocycles. The summed E-state index contributed by atoms with van der Waals surface area (Å²) in [7, 11) is 1.60. The first-order valence-electron chi connectivity index (χ1n) is 10.6. The van der Waals surface area contributed by atoms with E-state index in [9.17, 15) is 4.79 Å². The third-order valence-electron chi connectivity index (χ3n) is 5.23. The van der Waals surface area contributed by atoms with E-state index in [1.165, 1.54) is 11.3 Å². The van der Waals surface area contributed by atoms with Crippen LogP contribution in [0.25, 0.3) is 21.5 Å². The monoisotopic (exact) mass is 487 g/mol. The van der Waals surface area contributed by atoms with Gasteiger partial charge in [0.05, 0.1) is 23.4 Å². The molecule has 170 valence electrons. The van der Waals surface area contributed by atoms with Crippen molar-refractivity contribution in [1.29, 1.82) is 0 Å². The van der Waals surface area contributed by atoms with Crippen LogP contribution in [0.4, 0.5) is 10.8 Å². The lowest BCUT2D eigenvalue weighted by Crippen LogP contribution is -2.21. The molecule has 3 aromatic heterocycles. The van der Waals surface area contributed by atoms with Crippen molar-refractivity contribution < 1.29 is 13.9 Å². The molecule has 0 atom stereocenters. The number of rotatable bonds is 5. The molecule has 5 rings (SSSR count). The molecule has 3 heterocycles. The number of methoxy groups -OCH3 is 1. The van der Waals surface area contributed by atoms with Crippen LogP contribution in [0.2, 0.25) is 0 Å². The van der Waals surface area contributed by atoms with Crippen molar-refractivity contribution in [3.05, 3.63) is 87.6 Å². The van der Waals surface area contributed by atoms with E-state index in [-0.39, 0.29) is 11.5 Å². The van der Waals surface area contributed by atoms with Crippen LogP contribution >= 0.6 is 22.7 Å². The fourth-order valence-corrected chi connectivity index (χ4v) is 5.13. The highest BCUT2D eigenvalue weighted by Gasteiger charge is 2.17. The molecule has 2 aromatic carbocycles. The summed E-state index contributed by atoms with van der Waals surface area (Å²) in [5.41, 5.74) is 3.85. The van der Waals surface area contributed by atoms with Gasteiger partial charge in [0, 0.05) is 10.3 Å². The van der Waals surface area contributed by atoms with E-state index in [1.54, 1.807) is 24.5 Å². The number of carbonyl (C=O) groups excluding carboxylic acids is 1. The second-order valence-corrected chi connectivity index (χ2v) is 9.82. The Kier molecular flexibility index (Phi) is 6.00. The zero-order valence-corrected chi connectivity index (χ0v) is 20.4. The van der Waals surface area contributed by atoms with Gasteiger partial charge in [0.2, 0.25) is 5.55 Å². The molecule has 5 aromatic rings. The van der Waals surface area contributed by atoms with Crippen molar-refractivity contribution in [2.24, 2.45) is 4.99 Å². The fraction of sp³-hybridized carbons (Fsp3) is 0.115. The third-order valence-corrected chi connectivity index (χ3v) is 7.00. The molecule has 0 aliphatic carbocycles. The normalized spacial score (nSPS) is 11.7. The van der Waals surface area contributed by atoms with Gasteiger partial charge < -0.3 is 9.15 Å². The lowest BCUT2D eigenvalue weighted by atomic mass is 10.1. The fourth-order valence-electron chi connectivity index (χ4n) is 3.47. The Hall–Kier alpha value is -3.75. The minimum Gasteiger partial charge on any atom is -0.497 e. The number of amides is 1. The van der Waals surface area contributed by atoms with E-state index >= 15 is 0 Å². The molecule has 34 heavy (non-hydrogen) atoms. The van der Waals surface area contributed by atoms with Gasteiger partial charge in [-0.15, -0.1) is 22.7 Å². The number of aromatic nitrogens is 1. The third kappa shape index (κ3) is 4.50. The average molecular weight is 488 g/mol. The first kappa shape index (κ1) is 22.1. The molecule has 6 nitrogen and oxygen atoms in total. The second kappa shape index (κ2) is 9.24. The van der Waals surface area contributed by atoms with Crippen LogP contribution in [0, 0.1) is 13.8 Å². The number of hydrogen-bond acceptors (Lipinski definition) is 7. The molecule has 0 spiro atoms. The molecule has 0 bridgehead atoms. The number of thiazole rings is 1. The van der Waals surface area contributed by atoms with Crippen molar-refractivity contribution in [3.8, 4) is 16.3 Å². The van der Waals surface area contributed by atoms with E-state index in [2.05, 4.69) is 15.3 Å². The van der Waals surface area contributed by atoms with Gasteiger partial charge in [-0.1, -0.05) is 23.8 Å². The number of carbonyl (C=O) groups is 1. The Morgan fingerprint density at radius 1 is 1.09 bits per heavy atom. The number of thiophene rings is 1. The van der Waals surface area contributed by atoms with E-state index in [0.717, 1.165) is 26.4 Å². The Bertz CT molecular complexity index is 1550. The minimum absolute atomic E-state index is 0.228. The predicted molar refractivity (Wildman–Crippen MR) is 137 cm³/mol. The molecular formula is C26H21N3O3S2. The number of ether oxygens (including phenoxy) is 1. The molecule has 8 heteroatoms. The Labute approximate surface area is 204 Å². The summed E-state index contributed by atoms with van der Waals surface area (Å²) >= 11 is 3.06. The Balaban J connectivity index is 1.58. The van der Waals surface area contributed by atoms with Crippen LogP contribution in [0.1, 0.15) is 20.8 Å². The summed E-state index contributed by atoms with van der Waals surface area (Å²) < 4.78 is 11.4. The second-order valence-electron chi connectivity index (χ2n) is 7.67. The maximum atomic E-state index is 13.4. The van der Waals surface area contributed by atoms with Gasteiger partial charge in [-0.3, -0.25) is 10.1 Å². The topological polar surface area (TPSA) is 76.7 Å². The largest absolute Gasteiger partial charge is 0.497 e. The Morgan fingerprint density at radius 2 is 1.91 bits per heavy atom. The minimum atomic E-state index is -0.342. The number of anilines is 1. The van der Waals surface area contributed by atoms with E-state index in [1.807, 2.05) is 73.8 Å². The summed E-state index contributed by atoms with van der Waals surface area (Å²) in [6.45, 7) is 4.01. The van der Waals surface area contributed by atoms with Crippen LogP contribution in [0.5, 0.6) is 5.75 Å². The first-order valence-corrected chi connectivity index (χ1v) is 12.3. The summed E-state index contributed by atoms with van der Waals surface area (Å²) in [4.78, 5) is 24.8. The predicted octanol–water partition coefficient (Wildman–Crippen LogP) is 6.73. The van der Waals surface area contributed by atoms with Gasteiger partial charge in [0.1, 0.15) is 16.9 Å². The quantitative estimate of drug-likeness (QED) is 0.298. The van der Waals surface area contributed by atoms with Crippen LogP contribution in [0.15, 0.2) is 75.5 Å². The number of aryl methyl sites for hydroxylation is 2. The molecule has 0 fully saturated rings.